The zero-order chi connectivity index (χ0) is 12.3. The monoisotopic (exact) mass is 236 g/mol. The summed E-state index contributed by atoms with van der Waals surface area (Å²) in [5.74, 6) is -2.90. The first-order valence-electron chi connectivity index (χ1n) is 5.16. The van der Waals surface area contributed by atoms with Crippen molar-refractivity contribution in [2.75, 3.05) is 0 Å². The van der Waals surface area contributed by atoms with Crippen molar-refractivity contribution in [2.24, 2.45) is 0 Å². The van der Waals surface area contributed by atoms with Crippen LogP contribution in [0.15, 0.2) is 11.8 Å². The van der Waals surface area contributed by atoms with E-state index in [1.54, 1.807) is 0 Å². The van der Waals surface area contributed by atoms with E-state index < -0.39 is 41.5 Å². The lowest BCUT2D eigenvalue weighted by Gasteiger charge is -2.36. The van der Waals surface area contributed by atoms with Crippen LogP contribution in [0.25, 0.3) is 0 Å². The van der Waals surface area contributed by atoms with Crippen LogP contribution in [0.4, 0.5) is 0 Å². The molecule has 0 bridgehead atoms. The minimum atomic E-state index is -1.34. The van der Waals surface area contributed by atoms with Crippen LogP contribution < -0.4 is 0 Å². The van der Waals surface area contributed by atoms with E-state index in [-0.39, 0.29) is 12.8 Å². The molecule has 7 nitrogen and oxygen atoms in total. The highest BCUT2D eigenvalue weighted by Crippen LogP contribution is 2.32. The van der Waals surface area contributed by atoms with Gasteiger partial charge in [0.1, 0.15) is 11.8 Å². The number of hydrogen-bond acceptors (Lipinski definition) is 5. The van der Waals surface area contributed by atoms with Crippen molar-refractivity contribution in [3.8, 4) is 0 Å². The Morgan fingerprint density at radius 1 is 1.12 bits per heavy atom. The molecule has 4 amide bonds. The fraction of sp³-hybridized carbons (Fsp3) is 0.400. The van der Waals surface area contributed by atoms with E-state index in [9.17, 15) is 24.3 Å². The summed E-state index contributed by atoms with van der Waals surface area (Å²) in [7, 11) is 0. The molecule has 3 aliphatic heterocycles. The molecule has 0 aromatic rings. The van der Waals surface area contributed by atoms with Crippen LogP contribution >= 0.6 is 0 Å². The molecule has 3 rings (SSSR count). The third kappa shape index (κ3) is 1.05. The largest absolute Gasteiger partial charge is 0.509 e. The van der Waals surface area contributed by atoms with Gasteiger partial charge in [-0.2, -0.15) is 0 Å². The maximum Gasteiger partial charge on any atom is 0.261 e. The Hall–Kier alpha value is -2.18. The average molecular weight is 236 g/mol. The van der Waals surface area contributed by atoms with E-state index in [1.165, 1.54) is 0 Å². The van der Waals surface area contributed by atoms with Crippen LogP contribution in [0, 0.1) is 0 Å². The van der Waals surface area contributed by atoms with Crippen molar-refractivity contribution < 1.29 is 24.3 Å². The summed E-state index contributed by atoms with van der Waals surface area (Å²) in [6.07, 6.45) is 1.19. The molecule has 2 fully saturated rings. The number of carbonyl (C=O) groups is 4. The van der Waals surface area contributed by atoms with Gasteiger partial charge >= 0.3 is 0 Å². The topological polar surface area (TPSA) is 95.0 Å². The van der Waals surface area contributed by atoms with Crippen LogP contribution in [0.5, 0.6) is 0 Å². The van der Waals surface area contributed by atoms with Gasteiger partial charge in [-0.05, 0) is 6.42 Å². The lowest BCUT2D eigenvalue weighted by molar-refractivity contribution is -0.165. The van der Waals surface area contributed by atoms with Gasteiger partial charge in [0.2, 0.25) is 5.91 Å². The predicted octanol–water partition coefficient (Wildman–Crippen LogP) is -1.30. The fourth-order valence-corrected chi connectivity index (χ4v) is 2.49. The third-order valence-corrected chi connectivity index (χ3v) is 3.25. The lowest BCUT2D eigenvalue weighted by Crippen LogP contribution is -2.63. The first kappa shape index (κ1) is 10.0. The van der Waals surface area contributed by atoms with Crippen LogP contribution in [-0.2, 0) is 19.2 Å². The first-order valence-corrected chi connectivity index (χ1v) is 5.16. The van der Waals surface area contributed by atoms with E-state index in [0.29, 0.717) is 0 Å². The standard InChI is InChI=1S/C10H8N2O5/c13-5-3-7(15)12-8(5)10(17)11-4(9(12)16)1-2-6(11)14/h3-4,8,13H,1-2H2. The molecule has 2 saturated heterocycles. The van der Waals surface area contributed by atoms with Gasteiger partial charge in [-0.25, -0.2) is 0 Å². The number of aliphatic hydroxyl groups excluding tert-OH is 1. The second-order valence-electron chi connectivity index (χ2n) is 4.17. The molecule has 0 aromatic carbocycles. The molecule has 7 heteroatoms. The molecule has 0 saturated carbocycles. The fourth-order valence-electron chi connectivity index (χ4n) is 2.49. The summed E-state index contributed by atoms with van der Waals surface area (Å²) in [6, 6.07) is -2.22. The van der Waals surface area contributed by atoms with E-state index in [4.69, 9.17) is 0 Å². The van der Waals surface area contributed by atoms with Crippen molar-refractivity contribution in [1.82, 2.24) is 9.80 Å². The van der Waals surface area contributed by atoms with Crippen molar-refractivity contribution in [1.29, 1.82) is 0 Å². The number of aliphatic hydroxyl groups is 1. The molecule has 0 aliphatic carbocycles. The van der Waals surface area contributed by atoms with Gasteiger partial charge in [0.25, 0.3) is 17.7 Å². The van der Waals surface area contributed by atoms with Gasteiger partial charge in [0.15, 0.2) is 6.04 Å². The van der Waals surface area contributed by atoms with Gasteiger partial charge < -0.3 is 5.11 Å². The molecule has 2 unspecified atom stereocenters. The molecule has 3 heterocycles. The Morgan fingerprint density at radius 2 is 1.82 bits per heavy atom. The molecule has 17 heavy (non-hydrogen) atoms. The summed E-state index contributed by atoms with van der Waals surface area (Å²) in [5, 5.41) is 9.48. The van der Waals surface area contributed by atoms with Crippen LogP contribution in [0.2, 0.25) is 0 Å². The quantitative estimate of drug-likeness (QED) is 0.527. The first-order chi connectivity index (χ1) is 8.02. The van der Waals surface area contributed by atoms with E-state index in [0.717, 1.165) is 15.9 Å². The summed E-state index contributed by atoms with van der Waals surface area (Å²) >= 11 is 0. The van der Waals surface area contributed by atoms with Gasteiger partial charge in [-0.1, -0.05) is 0 Å². The Labute approximate surface area is 95.3 Å². The Kier molecular flexibility index (Phi) is 1.73. The van der Waals surface area contributed by atoms with Crippen molar-refractivity contribution in [3.63, 3.8) is 0 Å². The van der Waals surface area contributed by atoms with Gasteiger partial charge in [-0.3, -0.25) is 29.0 Å². The molecule has 1 N–H and O–H groups in total. The SMILES string of the molecule is O=C1CCC2C(=O)N3C(=O)C=C(O)C3C(=O)N12. The minimum absolute atomic E-state index is 0.112. The average Bonchev–Trinajstić information content (AvgIpc) is 2.77. The minimum Gasteiger partial charge on any atom is -0.509 e. The number of carbonyl (C=O) groups excluding carboxylic acids is 4. The van der Waals surface area contributed by atoms with Crippen molar-refractivity contribution >= 4 is 23.6 Å². The lowest BCUT2D eigenvalue weighted by atomic mass is 10.1. The Bertz CT molecular complexity index is 509. The molecule has 0 aromatic heterocycles. The molecule has 0 radical (unpaired) electrons. The second-order valence-corrected chi connectivity index (χ2v) is 4.17. The molecular formula is C10H8N2O5. The number of nitrogens with zero attached hydrogens (tertiary/aromatic N) is 2. The van der Waals surface area contributed by atoms with E-state index in [1.807, 2.05) is 0 Å². The number of piperazine rings is 1. The Morgan fingerprint density at radius 3 is 2.53 bits per heavy atom. The normalized spacial score (nSPS) is 31.9. The zero-order valence-corrected chi connectivity index (χ0v) is 8.62. The second kappa shape index (κ2) is 2.93. The highest BCUT2D eigenvalue weighted by Gasteiger charge is 2.56. The van der Waals surface area contributed by atoms with E-state index >= 15 is 0 Å². The number of rotatable bonds is 0. The van der Waals surface area contributed by atoms with Crippen LogP contribution in [-0.4, -0.2) is 50.6 Å². The summed E-state index contributed by atoms with van der Waals surface area (Å²) in [5.41, 5.74) is 0. The maximum atomic E-state index is 12.0. The highest BCUT2D eigenvalue weighted by atomic mass is 16.3. The van der Waals surface area contributed by atoms with Crippen LogP contribution in [0.1, 0.15) is 12.8 Å². The zero-order valence-electron chi connectivity index (χ0n) is 8.62. The molecule has 88 valence electrons. The van der Waals surface area contributed by atoms with E-state index in [2.05, 4.69) is 0 Å². The smallest absolute Gasteiger partial charge is 0.261 e. The summed E-state index contributed by atoms with van der Waals surface area (Å²) in [6.45, 7) is 0. The van der Waals surface area contributed by atoms with Crippen molar-refractivity contribution in [3.05, 3.63) is 11.8 Å². The third-order valence-electron chi connectivity index (χ3n) is 3.25. The Balaban J connectivity index is 2.08. The van der Waals surface area contributed by atoms with Gasteiger partial charge in [0.05, 0.1) is 0 Å². The highest BCUT2D eigenvalue weighted by molar-refractivity contribution is 6.18. The number of fused-ring (bicyclic) bond motifs is 2. The summed E-state index contributed by atoms with van der Waals surface area (Å²) in [4.78, 5) is 48.5. The van der Waals surface area contributed by atoms with Crippen molar-refractivity contribution in [2.45, 2.75) is 24.9 Å². The molecule has 3 aliphatic rings. The van der Waals surface area contributed by atoms with Gasteiger partial charge in [0, 0.05) is 12.5 Å². The number of imide groups is 2. The maximum absolute atomic E-state index is 12.0. The predicted molar refractivity (Wildman–Crippen MR) is 51.2 cm³/mol. The van der Waals surface area contributed by atoms with Gasteiger partial charge in [-0.15, -0.1) is 0 Å². The summed E-state index contributed by atoms with van der Waals surface area (Å²) < 4.78 is 0. The molecule has 2 atom stereocenters. The number of hydrogen-bond donors (Lipinski definition) is 1. The number of amides is 4. The molecular weight excluding hydrogens is 228 g/mol. The van der Waals surface area contributed by atoms with Crippen LogP contribution in [0.3, 0.4) is 0 Å². The molecule has 0 spiro atoms.